The molecule has 2 aliphatic heterocycles. The van der Waals surface area contributed by atoms with E-state index in [1.54, 1.807) is 47.6 Å². The molecule has 10 heteroatoms. The second kappa shape index (κ2) is 11.1. The van der Waals surface area contributed by atoms with E-state index < -0.39 is 12.1 Å². The Kier molecular flexibility index (Phi) is 7.48. The summed E-state index contributed by atoms with van der Waals surface area (Å²) in [4.78, 5) is 39.1. The summed E-state index contributed by atoms with van der Waals surface area (Å²) in [6.45, 7) is 4.45. The van der Waals surface area contributed by atoms with Crippen molar-refractivity contribution in [3.8, 4) is 11.8 Å². The number of rotatable bonds is 5. The highest BCUT2D eigenvalue weighted by Gasteiger charge is 2.45. The van der Waals surface area contributed by atoms with Gasteiger partial charge in [0, 0.05) is 30.5 Å². The molecule has 0 spiro atoms. The third kappa shape index (κ3) is 5.42. The number of aliphatic imine (C=N–C) groups is 1. The number of nitrogens with one attached hydrogen (secondary N) is 1. The van der Waals surface area contributed by atoms with Crippen molar-refractivity contribution >= 4 is 29.4 Å². The molecule has 3 amide bonds. The maximum absolute atomic E-state index is 14.3. The molecule has 0 saturated carbocycles. The summed E-state index contributed by atoms with van der Waals surface area (Å²) in [5, 5.41) is 12.9. The van der Waals surface area contributed by atoms with Crippen LogP contribution >= 0.6 is 11.6 Å². The third-order valence-electron chi connectivity index (χ3n) is 6.53. The van der Waals surface area contributed by atoms with Gasteiger partial charge in [-0.15, -0.1) is 0 Å². The maximum Gasteiger partial charge on any atom is 0.326 e. The minimum atomic E-state index is -0.560. The quantitative estimate of drug-likeness (QED) is 0.510. The van der Waals surface area contributed by atoms with Gasteiger partial charge in [-0.25, -0.2) is 4.79 Å². The van der Waals surface area contributed by atoms with Gasteiger partial charge < -0.3 is 15.0 Å². The molecule has 0 aliphatic carbocycles. The summed E-state index contributed by atoms with van der Waals surface area (Å²) in [7, 11) is 0. The smallest absolute Gasteiger partial charge is 0.326 e. The zero-order chi connectivity index (χ0) is 27.5. The second-order valence-corrected chi connectivity index (χ2v) is 10.0. The predicted molar refractivity (Wildman–Crippen MR) is 146 cm³/mol. The number of benzene rings is 2. The molecule has 198 valence electrons. The highest BCUT2D eigenvalue weighted by molar-refractivity contribution is 6.30. The zero-order valence-corrected chi connectivity index (χ0v) is 22.3. The predicted octanol–water partition coefficient (Wildman–Crippen LogP) is 4.49. The molecule has 2 aromatic carbocycles. The van der Waals surface area contributed by atoms with Crippen LogP contribution in [-0.2, 0) is 4.79 Å². The average Bonchev–Trinajstić information content (AvgIpc) is 3.33. The number of ether oxygens (including phenoxy) is 1. The molecule has 0 bridgehead atoms. The lowest BCUT2D eigenvalue weighted by atomic mass is 9.94. The average molecular weight is 543 g/mol. The number of nitriles is 1. The van der Waals surface area contributed by atoms with Crippen LogP contribution < -0.4 is 10.1 Å². The maximum atomic E-state index is 14.3. The number of amidine groups is 1. The second-order valence-electron chi connectivity index (χ2n) is 9.59. The number of piperazine rings is 1. The van der Waals surface area contributed by atoms with E-state index in [1.165, 1.54) is 4.90 Å². The fraction of sp³-hybridized carbons (Fsp3) is 0.276. The normalized spacial score (nSPS) is 18.9. The van der Waals surface area contributed by atoms with Crippen molar-refractivity contribution in [1.82, 2.24) is 20.1 Å². The molecule has 2 aliphatic rings. The first-order valence-electron chi connectivity index (χ1n) is 12.6. The first kappa shape index (κ1) is 26.2. The Morgan fingerprint density at radius 3 is 2.64 bits per heavy atom. The van der Waals surface area contributed by atoms with Crippen molar-refractivity contribution in [1.29, 1.82) is 5.26 Å². The van der Waals surface area contributed by atoms with Gasteiger partial charge in [-0.1, -0.05) is 29.8 Å². The molecule has 9 nitrogen and oxygen atoms in total. The van der Waals surface area contributed by atoms with Crippen molar-refractivity contribution in [3.05, 3.63) is 94.3 Å². The van der Waals surface area contributed by atoms with E-state index in [9.17, 15) is 14.9 Å². The number of hydrogen-bond acceptors (Lipinski definition) is 6. The van der Waals surface area contributed by atoms with Crippen LogP contribution in [0.15, 0.2) is 72.0 Å². The van der Waals surface area contributed by atoms with Gasteiger partial charge in [-0.05, 0) is 61.4 Å². The summed E-state index contributed by atoms with van der Waals surface area (Å²) < 4.78 is 6.11. The number of carbonyl (C=O) groups is 2. The molecule has 2 atom stereocenters. The summed E-state index contributed by atoms with van der Waals surface area (Å²) in [6, 6.07) is 16.9. The van der Waals surface area contributed by atoms with E-state index in [0.29, 0.717) is 40.8 Å². The molecule has 1 aromatic heterocycles. The molecule has 0 unspecified atom stereocenters. The van der Waals surface area contributed by atoms with Crippen molar-refractivity contribution in [3.63, 3.8) is 0 Å². The molecule has 3 heterocycles. The summed E-state index contributed by atoms with van der Waals surface area (Å²) >= 11 is 6.19. The van der Waals surface area contributed by atoms with Crippen LogP contribution in [0, 0.1) is 11.3 Å². The third-order valence-corrected chi connectivity index (χ3v) is 6.79. The molecule has 5 rings (SSSR count). The molecule has 1 saturated heterocycles. The number of nitrogens with zero attached hydrogens (tertiary/aromatic N) is 5. The Balaban J connectivity index is 1.71. The highest BCUT2D eigenvalue weighted by atomic mass is 35.5. The largest absolute Gasteiger partial charge is 0.490 e. The van der Waals surface area contributed by atoms with Crippen LogP contribution in [0.2, 0.25) is 5.02 Å². The van der Waals surface area contributed by atoms with E-state index in [-0.39, 0.29) is 24.6 Å². The molecular formula is C29H27ClN6O3. The van der Waals surface area contributed by atoms with E-state index in [4.69, 9.17) is 21.3 Å². The Bertz CT molecular complexity index is 1450. The van der Waals surface area contributed by atoms with E-state index in [1.807, 2.05) is 38.1 Å². The van der Waals surface area contributed by atoms with Crippen LogP contribution in [0.1, 0.15) is 48.2 Å². The molecule has 1 fully saturated rings. The zero-order valence-electron chi connectivity index (χ0n) is 21.5. The standard InChI is InChI=1S/C29H27ClN6O3/c1-18(2)39-24-14-19(15-31)5-10-23(24)28-34-26(20-6-8-22(30)9-7-20)27(21-4-3-11-32-16-21)36(28)29(38)35-13-12-33-25(37)17-35/h3-11,14,16,18,26-27H,12-13,17H2,1-2H3,(H,33,37)/t26-,27+/m0/s1. The van der Waals surface area contributed by atoms with Gasteiger partial charge >= 0.3 is 6.03 Å². The highest BCUT2D eigenvalue weighted by Crippen LogP contribution is 2.45. The minimum absolute atomic E-state index is 0.0588. The Morgan fingerprint density at radius 1 is 1.18 bits per heavy atom. The Hall–Kier alpha value is -4.42. The summed E-state index contributed by atoms with van der Waals surface area (Å²) in [5.41, 5.74) is 2.64. The number of urea groups is 1. The number of aromatic nitrogens is 1. The number of halogens is 1. The van der Waals surface area contributed by atoms with Gasteiger partial charge in [0.25, 0.3) is 0 Å². The SMILES string of the molecule is CC(C)Oc1cc(C#N)ccc1C1=N[C@@H](c2ccc(Cl)cc2)[C@@H](c2cccnc2)N1C(=O)N1CCNC(=O)C1. The lowest BCUT2D eigenvalue weighted by molar-refractivity contribution is -0.123. The molecule has 39 heavy (non-hydrogen) atoms. The van der Waals surface area contributed by atoms with Crippen molar-refractivity contribution < 1.29 is 14.3 Å². The Labute approximate surface area is 231 Å². The lowest BCUT2D eigenvalue weighted by Crippen LogP contribution is -2.55. The van der Waals surface area contributed by atoms with E-state index in [0.717, 1.165) is 11.1 Å². The molecule has 1 N–H and O–H groups in total. The van der Waals surface area contributed by atoms with Crippen LogP contribution in [-0.4, -0.2) is 58.3 Å². The minimum Gasteiger partial charge on any atom is -0.490 e. The van der Waals surface area contributed by atoms with Gasteiger partial charge in [0.15, 0.2) is 0 Å². The number of amides is 3. The van der Waals surface area contributed by atoms with Crippen LogP contribution in [0.4, 0.5) is 4.79 Å². The topological polar surface area (TPSA) is 111 Å². The van der Waals surface area contributed by atoms with Crippen LogP contribution in [0.5, 0.6) is 5.75 Å². The fourth-order valence-corrected chi connectivity index (χ4v) is 4.95. The van der Waals surface area contributed by atoms with E-state index >= 15 is 0 Å². The molecular weight excluding hydrogens is 516 g/mol. The lowest BCUT2D eigenvalue weighted by Gasteiger charge is -2.35. The molecule has 3 aromatic rings. The van der Waals surface area contributed by atoms with Crippen molar-refractivity contribution in [2.45, 2.75) is 32.0 Å². The monoisotopic (exact) mass is 542 g/mol. The summed E-state index contributed by atoms with van der Waals surface area (Å²) in [6.07, 6.45) is 3.21. The van der Waals surface area contributed by atoms with Gasteiger partial charge in [0.05, 0.1) is 29.3 Å². The molecule has 0 radical (unpaired) electrons. The van der Waals surface area contributed by atoms with Gasteiger partial charge in [0.2, 0.25) is 5.91 Å². The van der Waals surface area contributed by atoms with Crippen LogP contribution in [0.25, 0.3) is 0 Å². The number of hydrogen-bond donors (Lipinski definition) is 1. The van der Waals surface area contributed by atoms with Crippen molar-refractivity contribution in [2.24, 2.45) is 4.99 Å². The van der Waals surface area contributed by atoms with Gasteiger partial charge in [-0.2, -0.15) is 5.26 Å². The van der Waals surface area contributed by atoms with Crippen LogP contribution in [0.3, 0.4) is 0 Å². The first-order chi connectivity index (χ1) is 18.9. The number of carbonyl (C=O) groups excluding carboxylic acids is 2. The van der Waals surface area contributed by atoms with Gasteiger partial charge in [-0.3, -0.25) is 19.7 Å². The summed E-state index contributed by atoms with van der Waals surface area (Å²) in [5.74, 6) is 0.611. The first-order valence-corrected chi connectivity index (χ1v) is 13.0. The van der Waals surface area contributed by atoms with E-state index in [2.05, 4.69) is 16.4 Å². The fourth-order valence-electron chi connectivity index (χ4n) is 4.83. The van der Waals surface area contributed by atoms with Gasteiger partial charge in [0.1, 0.15) is 24.2 Å². The number of pyridine rings is 1. The Morgan fingerprint density at radius 2 is 1.97 bits per heavy atom. The van der Waals surface area contributed by atoms with Crippen molar-refractivity contribution in [2.75, 3.05) is 19.6 Å².